The molecule has 1 amide bonds. The van der Waals surface area contributed by atoms with Crippen molar-refractivity contribution < 1.29 is 18.7 Å². The van der Waals surface area contributed by atoms with Crippen LogP contribution in [0.3, 0.4) is 0 Å². The molecular weight excluding hydrogens is 192 g/mol. The number of halogens is 2. The second-order valence-corrected chi connectivity index (χ2v) is 4.16. The van der Waals surface area contributed by atoms with E-state index in [-0.39, 0.29) is 37.8 Å². The summed E-state index contributed by atoms with van der Waals surface area (Å²) < 4.78 is 25.7. The molecule has 0 aromatic rings. The first-order valence-corrected chi connectivity index (χ1v) is 4.83. The highest BCUT2D eigenvalue weighted by molar-refractivity contribution is 5.79. The number of β-amino-alcohol motifs (C(OH)–C–C–N with tert-alkyl or cyclic N) is 1. The highest BCUT2D eigenvalue weighted by Gasteiger charge is 2.45. The standard InChI is InChI=1S/C9H13F2NO2/c10-9(11)2-1-6(4-9)12-5-7(13)3-8(12)14/h6-7,13H,1-5H2. The Balaban J connectivity index is 2.00. The Hall–Kier alpha value is -0.710. The summed E-state index contributed by atoms with van der Waals surface area (Å²) in [6.07, 6.45) is -0.618. The first-order valence-electron chi connectivity index (χ1n) is 4.83. The third kappa shape index (κ3) is 1.73. The van der Waals surface area contributed by atoms with Crippen LogP contribution in [-0.2, 0) is 4.79 Å². The van der Waals surface area contributed by atoms with Crippen molar-refractivity contribution in [3.8, 4) is 0 Å². The molecule has 1 saturated carbocycles. The summed E-state index contributed by atoms with van der Waals surface area (Å²) in [4.78, 5) is 12.7. The van der Waals surface area contributed by atoms with Crippen molar-refractivity contribution in [1.29, 1.82) is 0 Å². The highest BCUT2D eigenvalue weighted by Crippen LogP contribution is 2.38. The van der Waals surface area contributed by atoms with E-state index in [4.69, 9.17) is 0 Å². The zero-order valence-electron chi connectivity index (χ0n) is 7.75. The van der Waals surface area contributed by atoms with Crippen LogP contribution < -0.4 is 0 Å². The van der Waals surface area contributed by atoms with Crippen LogP contribution in [0.4, 0.5) is 8.78 Å². The molecule has 0 spiro atoms. The second-order valence-electron chi connectivity index (χ2n) is 4.16. The van der Waals surface area contributed by atoms with Crippen LogP contribution in [0.2, 0.25) is 0 Å². The summed E-state index contributed by atoms with van der Waals surface area (Å²) in [6, 6.07) is -0.366. The van der Waals surface area contributed by atoms with Gasteiger partial charge in [0.15, 0.2) is 0 Å². The van der Waals surface area contributed by atoms with E-state index < -0.39 is 12.0 Å². The van der Waals surface area contributed by atoms with E-state index >= 15 is 0 Å². The third-order valence-corrected chi connectivity index (χ3v) is 2.96. The molecule has 2 fully saturated rings. The predicted molar refractivity (Wildman–Crippen MR) is 44.9 cm³/mol. The Labute approximate surface area is 80.7 Å². The zero-order valence-corrected chi connectivity index (χ0v) is 7.75. The van der Waals surface area contributed by atoms with Crippen molar-refractivity contribution in [2.24, 2.45) is 0 Å². The first-order chi connectivity index (χ1) is 6.48. The summed E-state index contributed by atoms with van der Waals surface area (Å²) in [5.41, 5.74) is 0. The van der Waals surface area contributed by atoms with Crippen molar-refractivity contribution in [3.05, 3.63) is 0 Å². The molecule has 0 aromatic heterocycles. The average Bonchev–Trinajstić information content (AvgIpc) is 2.55. The highest BCUT2D eigenvalue weighted by atomic mass is 19.3. The number of amides is 1. The number of alkyl halides is 2. The maximum Gasteiger partial charge on any atom is 0.250 e. The molecule has 3 nitrogen and oxygen atoms in total. The smallest absolute Gasteiger partial charge is 0.250 e. The van der Waals surface area contributed by atoms with Gasteiger partial charge in [0, 0.05) is 25.4 Å². The molecule has 2 aliphatic rings. The molecule has 1 N–H and O–H groups in total. The van der Waals surface area contributed by atoms with Gasteiger partial charge in [-0.3, -0.25) is 4.79 Å². The summed E-state index contributed by atoms with van der Waals surface area (Å²) in [5.74, 6) is -2.82. The number of hydrogen-bond acceptors (Lipinski definition) is 2. The minimum Gasteiger partial charge on any atom is -0.391 e. The lowest BCUT2D eigenvalue weighted by Crippen LogP contribution is -2.36. The van der Waals surface area contributed by atoms with E-state index in [1.165, 1.54) is 4.90 Å². The van der Waals surface area contributed by atoms with Crippen LogP contribution >= 0.6 is 0 Å². The lowest BCUT2D eigenvalue weighted by Gasteiger charge is -2.23. The Bertz CT molecular complexity index is 257. The summed E-state index contributed by atoms with van der Waals surface area (Å²) in [7, 11) is 0. The molecule has 0 radical (unpaired) electrons. The van der Waals surface area contributed by atoms with Crippen LogP contribution in [0.15, 0.2) is 0 Å². The van der Waals surface area contributed by atoms with Gasteiger partial charge in [0.1, 0.15) is 0 Å². The van der Waals surface area contributed by atoms with Crippen molar-refractivity contribution in [1.82, 2.24) is 4.90 Å². The third-order valence-electron chi connectivity index (χ3n) is 2.96. The largest absolute Gasteiger partial charge is 0.391 e. The zero-order chi connectivity index (χ0) is 10.3. The van der Waals surface area contributed by atoms with E-state index in [1.807, 2.05) is 0 Å². The molecule has 5 heteroatoms. The Morgan fingerprint density at radius 2 is 2.21 bits per heavy atom. The van der Waals surface area contributed by atoms with E-state index in [2.05, 4.69) is 0 Å². The molecule has 2 unspecified atom stereocenters. The van der Waals surface area contributed by atoms with Gasteiger partial charge in [-0.05, 0) is 6.42 Å². The Morgan fingerprint density at radius 1 is 1.50 bits per heavy atom. The van der Waals surface area contributed by atoms with Crippen molar-refractivity contribution in [2.45, 2.75) is 43.8 Å². The minimum absolute atomic E-state index is 0.0854. The van der Waals surface area contributed by atoms with Gasteiger partial charge in [-0.15, -0.1) is 0 Å². The number of carbonyl (C=O) groups excluding carboxylic acids is 1. The molecule has 0 aromatic carbocycles. The topological polar surface area (TPSA) is 40.5 Å². The van der Waals surface area contributed by atoms with Gasteiger partial charge in [0.25, 0.3) is 0 Å². The van der Waals surface area contributed by atoms with Crippen molar-refractivity contribution in [2.75, 3.05) is 6.54 Å². The maximum atomic E-state index is 12.9. The number of hydrogen-bond donors (Lipinski definition) is 1. The van der Waals surface area contributed by atoms with E-state index in [0.29, 0.717) is 6.42 Å². The van der Waals surface area contributed by atoms with Crippen molar-refractivity contribution >= 4 is 5.91 Å². The average molecular weight is 205 g/mol. The first kappa shape index (κ1) is 9.83. The van der Waals surface area contributed by atoms with Gasteiger partial charge in [-0.2, -0.15) is 0 Å². The lowest BCUT2D eigenvalue weighted by atomic mass is 10.2. The lowest BCUT2D eigenvalue weighted by molar-refractivity contribution is -0.130. The molecule has 1 saturated heterocycles. The Morgan fingerprint density at radius 3 is 2.64 bits per heavy atom. The van der Waals surface area contributed by atoms with E-state index in [0.717, 1.165) is 0 Å². The van der Waals surface area contributed by atoms with Crippen LogP contribution in [0.25, 0.3) is 0 Å². The maximum absolute atomic E-state index is 12.9. The second kappa shape index (κ2) is 3.15. The molecule has 0 bridgehead atoms. The van der Waals surface area contributed by atoms with Crippen LogP contribution in [0.1, 0.15) is 25.7 Å². The molecular formula is C9H13F2NO2. The number of likely N-dealkylation sites (tertiary alicyclic amines) is 1. The number of nitrogens with zero attached hydrogens (tertiary/aromatic N) is 1. The number of carbonyl (C=O) groups is 1. The van der Waals surface area contributed by atoms with E-state index in [1.54, 1.807) is 0 Å². The number of rotatable bonds is 1. The molecule has 80 valence electrons. The molecule has 1 heterocycles. The number of aliphatic hydroxyl groups is 1. The minimum atomic E-state index is -2.63. The summed E-state index contributed by atoms with van der Waals surface area (Å²) in [5, 5.41) is 9.21. The van der Waals surface area contributed by atoms with Crippen LogP contribution in [0, 0.1) is 0 Å². The monoisotopic (exact) mass is 205 g/mol. The normalized spacial score (nSPS) is 36.8. The SMILES string of the molecule is O=C1CC(O)CN1C1CCC(F)(F)C1. The molecule has 1 aliphatic heterocycles. The van der Waals surface area contributed by atoms with Gasteiger partial charge in [-0.25, -0.2) is 8.78 Å². The Kier molecular flexibility index (Phi) is 2.21. The quantitative estimate of drug-likeness (QED) is 0.686. The van der Waals surface area contributed by atoms with Gasteiger partial charge >= 0.3 is 0 Å². The fraction of sp³-hybridized carbons (Fsp3) is 0.889. The number of aliphatic hydroxyl groups excluding tert-OH is 1. The van der Waals surface area contributed by atoms with Crippen LogP contribution in [-0.4, -0.2) is 40.5 Å². The van der Waals surface area contributed by atoms with Crippen LogP contribution in [0.5, 0.6) is 0 Å². The molecule has 2 rings (SSSR count). The molecule has 14 heavy (non-hydrogen) atoms. The molecule has 2 atom stereocenters. The van der Waals surface area contributed by atoms with Gasteiger partial charge in [-0.1, -0.05) is 0 Å². The van der Waals surface area contributed by atoms with Crippen molar-refractivity contribution in [3.63, 3.8) is 0 Å². The fourth-order valence-electron chi connectivity index (χ4n) is 2.26. The molecule has 1 aliphatic carbocycles. The predicted octanol–water partition coefficient (Wildman–Crippen LogP) is 0.767. The van der Waals surface area contributed by atoms with Gasteiger partial charge in [0.2, 0.25) is 11.8 Å². The summed E-state index contributed by atoms with van der Waals surface area (Å²) in [6.45, 7) is 0.222. The van der Waals surface area contributed by atoms with Gasteiger partial charge in [0.05, 0.1) is 12.5 Å². The summed E-state index contributed by atoms with van der Waals surface area (Å²) >= 11 is 0. The van der Waals surface area contributed by atoms with Gasteiger partial charge < -0.3 is 10.0 Å². The fourth-order valence-corrected chi connectivity index (χ4v) is 2.26. The van der Waals surface area contributed by atoms with E-state index in [9.17, 15) is 18.7 Å².